The summed E-state index contributed by atoms with van der Waals surface area (Å²) in [5.41, 5.74) is 2.69. The van der Waals surface area contributed by atoms with Gasteiger partial charge in [-0.3, -0.25) is 14.9 Å². The SMILES string of the molecule is Cc1nn(-c2ccccc2)c(C)c1CNC(=O)c1ccc(F)c([N+](=O)[O-])c1. The van der Waals surface area contributed by atoms with Crippen molar-refractivity contribution in [3.05, 3.63) is 87.0 Å². The van der Waals surface area contributed by atoms with E-state index in [4.69, 9.17) is 0 Å². The third kappa shape index (κ3) is 3.69. The summed E-state index contributed by atoms with van der Waals surface area (Å²) in [5, 5.41) is 18.0. The third-order valence-electron chi connectivity index (χ3n) is 4.27. The average molecular weight is 368 g/mol. The Hall–Kier alpha value is -3.55. The van der Waals surface area contributed by atoms with Crippen molar-refractivity contribution in [1.82, 2.24) is 15.1 Å². The average Bonchev–Trinajstić information content (AvgIpc) is 2.94. The Morgan fingerprint density at radius 2 is 1.93 bits per heavy atom. The van der Waals surface area contributed by atoms with Gasteiger partial charge in [0.2, 0.25) is 5.82 Å². The van der Waals surface area contributed by atoms with E-state index in [9.17, 15) is 19.3 Å². The summed E-state index contributed by atoms with van der Waals surface area (Å²) in [6.07, 6.45) is 0. The van der Waals surface area contributed by atoms with Crippen LogP contribution in [0.3, 0.4) is 0 Å². The van der Waals surface area contributed by atoms with Crippen molar-refractivity contribution >= 4 is 11.6 Å². The van der Waals surface area contributed by atoms with Gasteiger partial charge in [0, 0.05) is 29.4 Å². The molecule has 1 heterocycles. The van der Waals surface area contributed by atoms with Gasteiger partial charge in [0.1, 0.15) is 0 Å². The third-order valence-corrected chi connectivity index (χ3v) is 4.27. The lowest BCUT2D eigenvalue weighted by molar-refractivity contribution is -0.387. The normalized spacial score (nSPS) is 10.6. The molecule has 3 rings (SSSR count). The van der Waals surface area contributed by atoms with Gasteiger partial charge in [-0.25, -0.2) is 4.68 Å². The number of hydrogen-bond acceptors (Lipinski definition) is 4. The highest BCUT2D eigenvalue weighted by Gasteiger charge is 2.18. The molecule has 1 N–H and O–H groups in total. The molecule has 0 saturated heterocycles. The highest BCUT2D eigenvalue weighted by molar-refractivity contribution is 5.94. The largest absolute Gasteiger partial charge is 0.348 e. The molecule has 2 aromatic carbocycles. The number of nitro benzene ring substituents is 1. The molecule has 0 bridgehead atoms. The lowest BCUT2D eigenvalue weighted by Crippen LogP contribution is -2.23. The number of nitrogens with one attached hydrogen (secondary N) is 1. The van der Waals surface area contributed by atoms with Crippen molar-refractivity contribution in [3.63, 3.8) is 0 Å². The Labute approximate surface area is 154 Å². The van der Waals surface area contributed by atoms with Crippen molar-refractivity contribution in [1.29, 1.82) is 0 Å². The standard InChI is InChI=1S/C19H17FN4O3/c1-12-16(13(2)23(22-12)15-6-4-3-5-7-15)11-21-19(25)14-8-9-17(20)18(10-14)24(26)27/h3-10H,11H2,1-2H3,(H,21,25). The number of nitrogens with zero attached hydrogens (tertiary/aromatic N) is 3. The zero-order chi connectivity index (χ0) is 19.6. The number of rotatable bonds is 5. The fraction of sp³-hybridized carbons (Fsp3) is 0.158. The first-order valence-corrected chi connectivity index (χ1v) is 8.21. The van der Waals surface area contributed by atoms with Gasteiger partial charge in [-0.2, -0.15) is 9.49 Å². The van der Waals surface area contributed by atoms with Gasteiger partial charge in [0.05, 0.1) is 16.3 Å². The van der Waals surface area contributed by atoms with Crippen LogP contribution in [0.15, 0.2) is 48.5 Å². The number of halogens is 1. The van der Waals surface area contributed by atoms with Gasteiger partial charge >= 0.3 is 5.69 Å². The maximum absolute atomic E-state index is 13.4. The lowest BCUT2D eigenvalue weighted by Gasteiger charge is -2.07. The lowest BCUT2D eigenvalue weighted by atomic mass is 10.1. The Kier molecular flexibility index (Phi) is 4.98. The predicted octanol–water partition coefficient (Wildman–Crippen LogP) is 3.47. The fourth-order valence-electron chi connectivity index (χ4n) is 2.82. The summed E-state index contributed by atoms with van der Waals surface area (Å²) in [4.78, 5) is 22.3. The summed E-state index contributed by atoms with van der Waals surface area (Å²) in [6.45, 7) is 3.95. The van der Waals surface area contributed by atoms with Crippen molar-refractivity contribution in [2.45, 2.75) is 20.4 Å². The summed E-state index contributed by atoms with van der Waals surface area (Å²) < 4.78 is 15.2. The maximum atomic E-state index is 13.4. The topological polar surface area (TPSA) is 90.1 Å². The Bertz CT molecular complexity index is 1020. The van der Waals surface area contributed by atoms with Gasteiger partial charge in [-0.1, -0.05) is 18.2 Å². The summed E-state index contributed by atoms with van der Waals surface area (Å²) in [6, 6.07) is 12.7. The number of aryl methyl sites for hydroxylation is 1. The monoisotopic (exact) mass is 368 g/mol. The zero-order valence-corrected chi connectivity index (χ0v) is 14.8. The van der Waals surface area contributed by atoms with Crippen LogP contribution in [0.25, 0.3) is 5.69 Å². The molecule has 7 nitrogen and oxygen atoms in total. The second-order valence-electron chi connectivity index (χ2n) is 6.00. The van der Waals surface area contributed by atoms with E-state index in [1.54, 1.807) is 4.68 Å². The van der Waals surface area contributed by atoms with Crippen LogP contribution in [0.4, 0.5) is 10.1 Å². The molecule has 0 saturated carbocycles. The minimum atomic E-state index is -0.979. The minimum absolute atomic E-state index is 0.0221. The molecule has 0 radical (unpaired) electrons. The minimum Gasteiger partial charge on any atom is -0.348 e. The van der Waals surface area contributed by atoms with Crippen LogP contribution in [0.2, 0.25) is 0 Å². The molecule has 0 fully saturated rings. The maximum Gasteiger partial charge on any atom is 0.305 e. The molecule has 0 atom stereocenters. The van der Waals surface area contributed by atoms with E-state index in [0.717, 1.165) is 34.8 Å². The summed E-state index contributed by atoms with van der Waals surface area (Å²) >= 11 is 0. The van der Waals surface area contributed by atoms with Crippen molar-refractivity contribution in [2.24, 2.45) is 0 Å². The van der Waals surface area contributed by atoms with E-state index in [0.29, 0.717) is 0 Å². The van der Waals surface area contributed by atoms with Crippen LogP contribution in [0.5, 0.6) is 0 Å². The molecule has 1 aromatic heterocycles. The van der Waals surface area contributed by atoms with E-state index in [1.165, 1.54) is 6.07 Å². The first-order valence-electron chi connectivity index (χ1n) is 8.21. The number of hydrogen-bond donors (Lipinski definition) is 1. The van der Waals surface area contributed by atoms with Crippen LogP contribution in [0.1, 0.15) is 27.3 Å². The molecular formula is C19H17FN4O3. The number of carbonyl (C=O) groups is 1. The number of benzene rings is 2. The number of nitro groups is 1. The van der Waals surface area contributed by atoms with Gasteiger partial charge in [0.25, 0.3) is 5.91 Å². The molecule has 3 aromatic rings. The molecule has 1 amide bonds. The van der Waals surface area contributed by atoms with Crippen LogP contribution in [0, 0.1) is 29.8 Å². The molecule has 0 aliphatic carbocycles. The number of para-hydroxylation sites is 1. The van der Waals surface area contributed by atoms with Gasteiger partial charge in [-0.15, -0.1) is 0 Å². The predicted molar refractivity (Wildman–Crippen MR) is 97.3 cm³/mol. The van der Waals surface area contributed by atoms with E-state index in [2.05, 4.69) is 10.4 Å². The molecular weight excluding hydrogens is 351 g/mol. The van der Waals surface area contributed by atoms with E-state index in [-0.39, 0.29) is 12.1 Å². The smallest absolute Gasteiger partial charge is 0.305 e. The van der Waals surface area contributed by atoms with Crippen molar-refractivity contribution in [2.75, 3.05) is 0 Å². The van der Waals surface area contributed by atoms with E-state index < -0.39 is 22.3 Å². The quantitative estimate of drug-likeness (QED) is 0.551. The van der Waals surface area contributed by atoms with Gasteiger partial charge in [-0.05, 0) is 38.1 Å². The van der Waals surface area contributed by atoms with Crippen LogP contribution in [-0.4, -0.2) is 20.6 Å². The summed E-state index contributed by atoms with van der Waals surface area (Å²) in [7, 11) is 0. The second kappa shape index (κ2) is 7.36. The fourth-order valence-corrected chi connectivity index (χ4v) is 2.82. The number of aromatic nitrogens is 2. The molecule has 0 unspecified atom stereocenters. The molecule has 138 valence electrons. The highest BCUT2D eigenvalue weighted by atomic mass is 19.1. The van der Waals surface area contributed by atoms with Crippen LogP contribution >= 0.6 is 0 Å². The Balaban J connectivity index is 1.79. The first-order chi connectivity index (χ1) is 12.9. The van der Waals surface area contributed by atoms with E-state index in [1.807, 2.05) is 44.2 Å². The van der Waals surface area contributed by atoms with Crippen LogP contribution < -0.4 is 5.32 Å². The molecule has 0 aliphatic rings. The number of amides is 1. The molecule has 0 aliphatic heterocycles. The number of carbonyl (C=O) groups excluding carboxylic acids is 1. The Morgan fingerprint density at radius 3 is 2.59 bits per heavy atom. The summed E-state index contributed by atoms with van der Waals surface area (Å²) in [5.74, 6) is -1.50. The van der Waals surface area contributed by atoms with E-state index >= 15 is 0 Å². The van der Waals surface area contributed by atoms with Gasteiger partial charge in [0.15, 0.2) is 0 Å². The zero-order valence-electron chi connectivity index (χ0n) is 14.8. The second-order valence-corrected chi connectivity index (χ2v) is 6.00. The Morgan fingerprint density at radius 1 is 1.22 bits per heavy atom. The highest BCUT2D eigenvalue weighted by Crippen LogP contribution is 2.20. The first kappa shape index (κ1) is 18.2. The molecule has 0 spiro atoms. The van der Waals surface area contributed by atoms with Crippen molar-refractivity contribution in [3.8, 4) is 5.69 Å². The van der Waals surface area contributed by atoms with Crippen molar-refractivity contribution < 1.29 is 14.1 Å². The van der Waals surface area contributed by atoms with Crippen LogP contribution in [-0.2, 0) is 6.54 Å². The van der Waals surface area contributed by atoms with Gasteiger partial charge < -0.3 is 5.32 Å². The molecule has 8 heteroatoms. The molecule has 27 heavy (non-hydrogen) atoms.